The molecule has 0 aromatic carbocycles. The molecule has 1 aliphatic carbocycles. The summed E-state index contributed by atoms with van der Waals surface area (Å²) in [6, 6.07) is 0.699. The molecule has 1 aliphatic rings. The molecule has 1 N–H and O–H groups in total. The van der Waals surface area contributed by atoms with Crippen molar-refractivity contribution in [2.45, 2.75) is 60.4 Å². The molecule has 1 heteroatoms. The number of rotatable bonds is 5. The molecule has 0 aliphatic heterocycles. The van der Waals surface area contributed by atoms with E-state index in [1.807, 2.05) is 0 Å². The van der Waals surface area contributed by atoms with E-state index in [-0.39, 0.29) is 0 Å². The lowest BCUT2D eigenvalue weighted by atomic mass is 9.93. The van der Waals surface area contributed by atoms with Gasteiger partial charge in [-0.15, -0.1) is 0 Å². The van der Waals surface area contributed by atoms with Gasteiger partial charge in [-0.3, -0.25) is 0 Å². The number of hydrogen-bond donors (Lipinski definition) is 1. The van der Waals surface area contributed by atoms with Gasteiger partial charge in [0.05, 0.1) is 0 Å². The Kier molecular flexibility index (Phi) is 3.55. The van der Waals surface area contributed by atoms with Crippen molar-refractivity contribution in [2.75, 3.05) is 7.05 Å². The van der Waals surface area contributed by atoms with Crippen LogP contribution in [0, 0.1) is 22.7 Å². The fourth-order valence-corrected chi connectivity index (χ4v) is 3.27. The van der Waals surface area contributed by atoms with Gasteiger partial charge in [-0.25, -0.2) is 0 Å². The molecule has 1 nitrogen and oxygen atoms in total. The van der Waals surface area contributed by atoms with Crippen LogP contribution in [0.25, 0.3) is 0 Å². The molecule has 90 valence electrons. The van der Waals surface area contributed by atoms with Gasteiger partial charge < -0.3 is 5.32 Å². The van der Waals surface area contributed by atoms with Crippen LogP contribution in [0.15, 0.2) is 0 Å². The van der Waals surface area contributed by atoms with Gasteiger partial charge in [0.15, 0.2) is 0 Å². The van der Waals surface area contributed by atoms with Gasteiger partial charge in [0.25, 0.3) is 0 Å². The molecule has 2 atom stereocenters. The lowest BCUT2D eigenvalue weighted by molar-refractivity contribution is 0.342. The van der Waals surface area contributed by atoms with E-state index >= 15 is 0 Å². The van der Waals surface area contributed by atoms with Gasteiger partial charge >= 0.3 is 0 Å². The Morgan fingerprint density at radius 1 is 1.13 bits per heavy atom. The first kappa shape index (κ1) is 13.0. The van der Waals surface area contributed by atoms with Gasteiger partial charge in [0.1, 0.15) is 0 Å². The summed E-state index contributed by atoms with van der Waals surface area (Å²) in [5, 5.41) is 3.54. The third-order valence-electron chi connectivity index (χ3n) is 5.26. The highest BCUT2D eigenvalue weighted by Gasteiger charge is 2.66. The summed E-state index contributed by atoms with van der Waals surface area (Å²) in [7, 11) is 2.12. The maximum atomic E-state index is 3.54. The molecule has 0 saturated heterocycles. The highest BCUT2D eigenvalue weighted by Crippen LogP contribution is 2.70. The average Bonchev–Trinajstić information content (AvgIpc) is 2.54. The minimum absolute atomic E-state index is 0.508. The van der Waals surface area contributed by atoms with Crippen LogP contribution in [0.4, 0.5) is 0 Å². The fourth-order valence-electron chi connectivity index (χ4n) is 3.27. The highest BCUT2D eigenvalue weighted by molar-refractivity contribution is 5.16. The summed E-state index contributed by atoms with van der Waals surface area (Å²) in [5.41, 5.74) is 1.02. The van der Waals surface area contributed by atoms with Gasteiger partial charge in [0.2, 0.25) is 0 Å². The Morgan fingerprint density at radius 3 is 1.87 bits per heavy atom. The second kappa shape index (κ2) is 4.08. The summed E-state index contributed by atoms with van der Waals surface area (Å²) in [6.07, 6.45) is 2.62. The topological polar surface area (TPSA) is 12.0 Å². The number of nitrogens with one attached hydrogen (secondary N) is 1. The molecule has 0 aromatic rings. The van der Waals surface area contributed by atoms with Crippen LogP contribution in [0.5, 0.6) is 0 Å². The van der Waals surface area contributed by atoms with Gasteiger partial charge in [-0.1, -0.05) is 48.0 Å². The Bertz CT molecular complexity index is 203. The molecule has 0 heterocycles. The largest absolute Gasteiger partial charge is 0.317 e. The standard InChI is InChI=1S/C14H29N/c1-8-10(2)9-11(15-7)12-13(3,4)14(12,5)6/h10-12,15H,8-9H2,1-7H3. The lowest BCUT2D eigenvalue weighted by Crippen LogP contribution is -2.31. The van der Waals surface area contributed by atoms with Gasteiger partial charge in [-0.2, -0.15) is 0 Å². The van der Waals surface area contributed by atoms with Crippen LogP contribution < -0.4 is 5.32 Å². The lowest BCUT2D eigenvalue weighted by Gasteiger charge is -2.21. The zero-order valence-electron chi connectivity index (χ0n) is 11.6. The van der Waals surface area contributed by atoms with E-state index in [4.69, 9.17) is 0 Å². The van der Waals surface area contributed by atoms with Crippen molar-refractivity contribution in [3.8, 4) is 0 Å². The first-order valence-electron chi connectivity index (χ1n) is 6.46. The zero-order valence-corrected chi connectivity index (χ0v) is 11.6. The van der Waals surface area contributed by atoms with Crippen LogP contribution in [-0.2, 0) is 0 Å². The molecule has 0 bridgehead atoms. The van der Waals surface area contributed by atoms with E-state index in [9.17, 15) is 0 Å². The predicted molar refractivity (Wildman–Crippen MR) is 68.0 cm³/mol. The van der Waals surface area contributed by atoms with Gasteiger partial charge in [0, 0.05) is 6.04 Å². The molecule has 15 heavy (non-hydrogen) atoms. The maximum Gasteiger partial charge on any atom is 0.0105 e. The number of hydrogen-bond acceptors (Lipinski definition) is 1. The first-order valence-corrected chi connectivity index (χ1v) is 6.46. The molecule has 0 aromatic heterocycles. The monoisotopic (exact) mass is 211 g/mol. The van der Waals surface area contributed by atoms with Crippen LogP contribution in [0.1, 0.15) is 54.4 Å². The van der Waals surface area contributed by atoms with Gasteiger partial charge in [-0.05, 0) is 36.1 Å². The molecule has 0 radical (unpaired) electrons. The van der Waals surface area contributed by atoms with E-state index in [1.165, 1.54) is 12.8 Å². The Morgan fingerprint density at radius 2 is 1.60 bits per heavy atom. The van der Waals surface area contributed by atoms with E-state index in [1.54, 1.807) is 0 Å². The fraction of sp³-hybridized carbons (Fsp3) is 1.00. The second-order valence-corrected chi connectivity index (χ2v) is 6.57. The summed E-state index contributed by atoms with van der Waals surface area (Å²) in [4.78, 5) is 0. The maximum absolute atomic E-state index is 3.54. The molecule has 0 amide bonds. The van der Waals surface area contributed by atoms with Crippen LogP contribution in [0.2, 0.25) is 0 Å². The quantitative estimate of drug-likeness (QED) is 0.731. The van der Waals surface area contributed by atoms with E-state index in [0.717, 1.165) is 11.8 Å². The molecule has 1 saturated carbocycles. The first-order chi connectivity index (χ1) is 6.79. The highest BCUT2D eigenvalue weighted by atomic mass is 14.9. The minimum atomic E-state index is 0.508. The summed E-state index contributed by atoms with van der Waals surface area (Å²) in [5.74, 6) is 1.68. The molecule has 1 fully saturated rings. The summed E-state index contributed by atoms with van der Waals surface area (Å²) < 4.78 is 0. The molecule has 2 unspecified atom stereocenters. The molecule has 0 spiro atoms. The average molecular weight is 211 g/mol. The Hall–Kier alpha value is -0.0400. The zero-order chi connectivity index (χ0) is 11.9. The third kappa shape index (κ3) is 2.08. The van der Waals surface area contributed by atoms with Crippen molar-refractivity contribution >= 4 is 0 Å². The SMILES string of the molecule is CCC(C)CC(NC)C1C(C)(C)C1(C)C. The van der Waals surface area contributed by atoms with Crippen LogP contribution in [-0.4, -0.2) is 13.1 Å². The summed E-state index contributed by atoms with van der Waals surface area (Å²) in [6.45, 7) is 14.3. The smallest absolute Gasteiger partial charge is 0.0105 e. The Labute approximate surface area is 96.0 Å². The van der Waals surface area contributed by atoms with E-state index in [0.29, 0.717) is 16.9 Å². The van der Waals surface area contributed by atoms with Crippen LogP contribution >= 0.6 is 0 Å². The van der Waals surface area contributed by atoms with Crippen molar-refractivity contribution in [2.24, 2.45) is 22.7 Å². The third-order valence-corrected chi connectivity index (χ3v) is 5.26. The van der Waals surface area contributed by atoms with E-state index < -0.39 is 0 Å². The summed E-state index contributed by atoms with van der Waals surface area (Å²) >= 11 is 0. The predicted octanol–water partition coefficient (Wildman–Crippen LogP) is 3.69. The van der Waals surface area contributed by atoms with Crippen molar-refractivity contribution < 1.29 is 0 Å². The second-order valence-electron chi connectivity index (χ2n) is 6.57. The molecular formula is C14H29N. The van der Waals surface area contributed by atoms with Crippen molar-refractivity contribution in [1.29, 1.82) is 0 Å². The van der Waals surface area contributed by atoms with E-state index in [2.05, 4.69) is 53.9 Å². The minimum Gasteiger partial charge on any atom is -0.317 e. The van der Waals surface area contributed by atoms with Crippen LogP contribution in [0.3, 0.4) is 0 Å². The van der Waals surface area contributed by atoms with Crippen molar-refractivity contribution in [3.63, 3.8) is 0 Å². The normalized spacial score (nSPS) is 27.4. The molecular weight excluding hydrogens is 182 g/mol. The van der Waals surface area contributed by atoms with Crippen molar-refractivity contribution in [3.05, 3.63) is 0 Å². The Balaban J connectivity index is 2.63. The van der Waals surface area contributed by atoms with Crippen molar-refractivity contribution in [1.82, 2.24) is 5.32 Å². The molecule has 1 rings (SSSR count).